The highest BCUT2D eigenvalue weighted by Crippen LogP contribution is 2.37. The smallest absolute Gasteiger partial charge is 0.383 e. The first-order valence-electron chi connectivity index (χ1n) is 6.29. The van der Waals surface area contributed by atoms with E-state index in [1.54, 1.807) is 12.1 Å². The van der Waals surface area contributed by atoms with Gasteiger partial charge in [-0.05, 0) is 37.2 Å². The van der Waals surface area contributed by atoms with Gasteiger partial charge in [-0.3, -0.25) is 0 Å². The van der Waals surface area contributed by atoms with Crippen LogP contribution in [0.1, 0.15) is 18.2 Å². The molecular weight excluding hydrogens is 299 g/mol. The van der Waals surface area contributed by atoms with Crippen LogP contribution in [0.5, 0.6) is 0 Å². The van der Waals surface area contributed by atoms with Gasteiger partial charge in [0.1, 0.15) is 5.82 Å². The molecule has 2 aromatic rings. The molecule has 0 atom stereocenters. The van der Waals surface area contributed by atoms with E-state index < -0.39 is 5.51 Å². The van der Waals surface area contributed by atoms with Gasteiger partial charge < -0.3 is 5.73 Å². The van der Waals surface area contributed by atoms with E-state index in [0.29, 0.717) is 17.2 Å². The van der Waals surface area contributed by atoms with Crippen molar-refractivity contribution < 1.29 is 13.2 Å². The van der Waals surface area contributed by atoms with Crippen molar-refractivity contribution in [2.24, 2.45) is 0 Å². The van der Waals surface area contributed by atoms with Crippen molar-refractivity contribution >= 4 is 17.6 Å². The van der Waals surface area contributed by atoms with Crippen LogP contribution in [0, 0.1) is 6.92 Å². The number of nitrogens with zero attached hydrogens (tertiary/aromatic N) is 2. The minimum absolute atomic E-state index is 0.126. The van der Waals surface area contributed by atoms with Gasteiger partial charge in [0.2, 0.25) is 0 Å². The van der Waals surface area contributed by atoms with E-state index in [-0.39, 0.29) is 16.7 Å². The first-order valence-corrected chi connectivity index (χ1v) is 7.11. The number of nitrogens with two attached hydrogens (primary N) is 1. The van der Waals surface area contributed by atoms with Crippen LogP contribution in [0.25, 0.3) is 11.4 Å². The highest BCUT2D eigenvalue weighted by Gasteiger charge is 2.29. The number of thioether (sulfide) groups is 1. The van der Waals surface area contributed by atoms with Crippen LogP contribution in [-0.4, -0.2) is 15.5 Å². The third-order valence-electron chi connectivity index (χ3n) is 2.95. The van der Waals surface area contributed by atoms with Gasteiger partial charge in [-0.25, -0.2) is 9.97 Å². The highest BCUT2D eigenvalue weighted by atomic mass is 32.2. The van der Waals surface area contributed by atoms with E-state index in [9.17, 15) is 13.2 Å². The van der Waals surface area contributed by atoms with E-state index in [4.69, 9.17) is 5.73 Å². The van der Waals surface area contributed by atoms with E-state index in [1.807, 2.05) is 13.8 Å². The van der Waals surface area contributed by atoms with Crippen molar-refractivity contribution in [3.05, 3.63) is 35.5 Å². The van der Waals surface area contributed by atoms with Crippen molar-refractivity contribution in [2.75, 3.05) is 5.73 Å². The normalized spacial score (nSPS) is 11.7. The van der Waals surface area contributed by atoms with Gasteiger partial charge in [0.15, 0.2) is 5.82 Å². The summed E-state index contributed by atoms with van der Waals surface area (Å²) in [6, 6.07) is 5.92. The standard InChI is InChI=1S/C14H14F3N3S/c1-3-11-8(2)19-13(20-12(11)18)9-4-6-10(7-5-9)21-14(15,16)17/h4-7H,3H2,1-2H3,(H2,18,19,20). The molecule has 1 aromatic heterocycles. The molecule has 1 heterocycles. The van der Waals surface area contributed by atoms with Gasteiger partial charge in [-0.2, -0.15) is 13.2 Å². The number of benzene rings is 1. The Morgan fingerprint density at radius 3 is 2.24 bits per heavy atom. The summed E-state index contributed by atoms with van der Waals surface area (Å²) in [7, 11) is 0. The van der Waals surface area contributed by atoms with Crippen molar-refractivity contribution in [3.8, 4) is 11.4 Å². The Kier molecular flexibility index (Phi) is 4.41. The fourth-order valence-electron chi connectivity index (χ4n) is 1.99. The Hall–Kier alpha value is -1.76. The SMILES string of the molecule is CCc1c(C)nc(-c2ccc(SC(F)(F)F)cc2)nc1N. The van der Waals surface area contributed by atoms with E-state index >= 15 is 0 Å². The lowest BCUT2D eigenvalue weighted by molar-refractivity contribution is -0.0328. The average molecular weight is 313 g/mol. The number of halogens is 3. The molecule has 0 radical (unpaired) electrons. The minimum atomic E-state index is -4.29. The number of anilines is 1. The van der Waals surface area contributed by atoms with E-state index in [1.165, 1.54) is 12.1 Å². The van der Waals surface area contributed by atoms with Crippen LogP contribution in [0.15, 0.2) is 29.2 Å². The Morgan fingerprint density at radius 1 is 1.14 bits per heavy atom. The molecule has 3 nitrogen and oxygen atoms in total. The summed E-state index contributed by atoms with van der Waals surface area (Å²) in [5.41, 5.74) is 3.90. The first-order chi connectivity index (χ1) is 9.80. The summed E-state index contributed by atoms with van der Waals surface area (Å²) in [4.78, 5) is 8.70. The maximum atomic E-state index is 12.3. The summed E-state index contributed by atoms with van der Waals surface area (Å²) in [5, 5.41) is 0. The van der Waals surface area contributed by atoms with Crippen LogP contribution in [0.3, 0.4) is 0 Å². The topological polar surface area (TPSA) is 51.8 Å². The molecule has 0 aliphatic rings. The number of hydrogen-bond donors (Lipinski definition) is 1. The van der Waals surface area contributed by atoms with Crippen LogP contribution < -0.4 is 5.73 Å². The molecule has 0 bridgehead atoms. The second-order valence-electron chi connectivity index (χ2n) is 4.42. The molecule has 7 heteroatoms. The summed E-state index contributed by atoms with van der Waals surface area (Å²) in [5.74, 6) is 0.833. The Bertz CT molecular complexity index is 616. The zero-order chi connectivity index (χ0) is 15.6. The Balaban J connectivity index is 2.31. The van der Waals surface area contributed by atoms with Crippen LogP contribution in [-0.2, 0) is 6.42 Å². The fourth-order valence-corrected chi connectivity index (χ4v) is 2.53. The number of aryl methyl sites for hydroxylation is 1. The Morgan fingerprint density at radius 2 is 1.76 bits per heavy atom. The van der Waals surface area contributed by atoms with Gasteiger partial charge >= 0.3 is 5.51 Å². The van der Waals surface area contributed by atoms with Gasteiger partial charge in [-0.15, -0.1) is 0 Å². The lowest BCUT2D eigenvalue weighted by Gasteiger charge is -2.09. The summed E-state index contributed by atoms with van der Waals surface area (Å²) < 4.78 is 36.8. The largest absolute Gasteiger partial charge is 0.446 e. The molecular formula is C14H14F3N3S. The van der Waals surface area contributed by atoms with Crippen molar-refractivity contribution in [1.29, 1.82) is 0 Å². The summed E-state index contributed by atoms with van der Waals surface area (Å²) in [6.45, 7) is 3.80. The molecule has 112 valence electrons. The monoisotopic (exact) mass is 313 g/mol. The number of rotatable bonds is 3. The summed E-state index contributed by atoms with van der Waals surface area (Å²) in [6.07, 6.45) is 0.735. The number of aromatic nitrogens is 2. The fraction of sp³-hybridized carbons (Fsp3) is 0.286. The van der Waals surface area contributed by atoms with Crippen LogP contribution in [0.4, 0.5) is 19.0 Å². The molecule has 0 amide bonds. The van der Waals surface area contributed by atoms with Gasteiger partial charge in [-0.1, -0.05) is 19.1 Å². The number of hydrogen-bond acceptors (Lipinski definition) is 4. The van der Waals surface area contributed by atoms with Gasteiger partial charge in [0.05, 0.1) is 0 Å². The molecule has 0 aliphatic heterocycles. The molecule has 0 unspecified atom stereocenters. The van der Waals surface area contributed by atoms with Crippen molar-refractivity contribution in [2.45, 2.75) is 30.7 Å². The molecule has 0 saturated heterocycles. The van der Waals surface area contributed by atoms with Crippen molar-refractivity contribution in [1.82, 2.24) is 9.97 Å². The van der Waals surface area contributed by atoms with Crippen LogP contribution in [0.2, 0.25) is 0 Å². The predicted molar refractivity (Wildman–Crippen MR) is 77.9 cm³/mol. The number of alkyl halides is 3. The van der Waals surface area contributed by atoms with Crippen molar-refractivity contribution in [3.63, 3.8) is 0 Å². The molecule has 21 heavy (non-hydrogen) atoms. The quantitative estimate of drug-likeness (QED) is 0.863. The lowest BCUT2D eigenvalue weighted by Crippen LogP contribution is -2.04. The molecule has 0 aliphatic carbocycles. The number of nitrogen functional groups attached to an aromatic ring is 1. The molecule has 1 aromatic carbocycles. The third kappa shape index (κ3) is 3.87. The molecule has 0 saturated carbocycles. The van der Waals surface area contributed by atoms with E-state index in [2.05, 4.69) is 9.97 Å². The molecule has 2 N–H and O–H groups in total. The maximum Gasteiger partial charge on any atom is 0.446 e. The first kappa shape index (κ1) is 15.6. The minimum Gasteiger partial charge on any atom is -0.383 e. The van der Waals surface area contributed by atoms with Crippen LogP contribution >= 0.6 is 11.8 Å². The lowest BCUT2D eigenvalue weighted by atomic mass is 10.1. The Labute approximate surface area is 124 Å². The molecule has 0 fully saturated rings. The second kappa shape index (κ2) is 5.93. The zero-order valence-corrected chi connectivity index (χ0v) is 12.3. The average Bonchev–Trinajstić information content (AvgIpc) is 2.37. The van der Waals surface area contributed by atoms with Gasteiger partial charge in [0.25, 0.3) is 0 Å². The predicted octanol–water partition coefficient (Wildman–Crippen LogP) is 4.21. The second-order valence-corrected chi connectivity index (χ2v) is 5.56. The molecule has 0 spiro atoms. The van der Waals surface area contributed by atoms with Gasteiger partial charge in [0, 0.05) is 21.7 Å². The highest BCUT2D eigenvalue weighted by molar-refractivity contribution is 8.00. The van der Waals surface area contributed by atoms with E-state index in [0.717, 1.165) is 17.7 Å². The molecule has 2 rings (SSSR count). The third-order valence-corrected chi connectivity index (χ3v) is 3.68. The maximum absolute atomic E-state index is 12.3. The summed E-state index contributed by atoms with van der Waals surface area (Å²) >= 11 is -0.149. The zero-order valence-electron chi connectivity index (χ0n) is 11.5.